The lowest BCUT2D eigenvalue weighted by molar-refractivity contribution is -0.118. The van der Waals surface area contributed by atoms with E-state index in [1.807, 2.05) is 0 Å². The maximum atomic E-state index is 12.0. The molecular weight excluding hydrogens is 224 g/mol. The summed E-state index contributed by atoms with van der Waals surface area (Å²) in [6.45, 7) is 2.18. The van der Waals surface area contributed by atoms with E-state index in [4.69, 9.17) is 4.78 Å². The van der Waals surface area contributed by atoms with Crippen molar-refractivity contribution in [2.75, 3.05) is 17.2 Å². The second-order valence-electron chi connectivity index (χ2n) is 3.75. The molecule has 16 heavy (non-hydrogen) atoms. The molecule has 0 saturated heterocycles. The number of anilines is 1. The van der Waals surface area contributed by atoms with E-state index in [0.29, 0.717) is 23.5 Å². The normalized spacial score (nSPS) is 23.9. The van der Waals surface area contributed by atoms with Crippen LogP contribution in [0.3, 0.4) is 0 Å². The van der Waals surface area contributed by atoms with E-state index in [1.54, 1.807) is 36.1 Å². The average Bonchev–Trinajstić information content (AvgIpc) is 2.28. The quantitative estimate of drug-likeness (QED) is 0.811. The van der Waals surface area contributed by atoms with E-state index in [0.717, 1.165) is 0 Å². The molecule has 2 rings (SSSR count). The molecule has 0 bridgehead atoms. The maximum Gasteiger partial charge on any atom is 0.226 e. The van der Waals surface area contributed by atoms with Gasteiger partial charge in [-0.15, -0.1) is 0 Å². The minimum Gasteiger partial charge on any atom is -0.310 e. The van der Waals surface area contributed by atoms with Crippen LogP contribution in [0.15, 0.2) is 29.2 Å². The van der Waals surface area contributed by atoms with Crippen LogP contribution in [0, 0.1) is 4.78 Å². The molecule has 0 aliphatic carbocycles. The van der Waals surface area contributed by atoms with Gasteiger partial charge in [0.05, 0.1) is 26.1 Å². The number of carbonyl (C=O) groups excluding carboxylic acids is 1. The second kappa shape index (κ2) is 3.90. The summed E-state index contributed by atoms with van der Waals surface area (Å²) in [6, 6.07) is 7.00. The van der Waals surface area contributed by atoms with Gasteiger partial charge in [-0.3, -0.25) is 4.79 Å². The van der Waals surface area contributed by atoms with Crippen LogP contribution in [0.2, 0.25) is 0 Å². The number of para-hydroxylation sites is 1. The first-order valence-electron chi connectivity index (χ1n) is 5.22. The largest absolute Gasteiger partial charge is 0.310 e. The molecule has 1 N–H and O–H groups in total. The summed E-state index contributed by atoms with van der Waals surface area (Å²) in [5.74, 6) is 0.248. The Morgan fingerprint density at radius 2 is 2.19 bits per heavy atom. The lowest BCUT2D eigenvalue weighted by Crippen LogP contribution is -2.39. The summed E-state index contributed by atoms with van der Waals surface area (Å²) < 4.78 is 19.8. The first kappa shape index (κ1) is 11.1. The Balaban J connectivity index is 2.56. The van der Waals surface area contributed by atoms with Gasteiger partial charge in [0.25, 0.3) is 0 Å². The molecule has 86 valence electrons. The molecule has 1 aliphatic heterocycles. The fourth-order valence-electron chi connectivity index (χ4n) is 1.86. The van der Waals surface area contributed by atoms with E-state index >= 15 is 0 Å². The van der Waals surface area contributed by atoms with Crippen LogP contribution in [0.5, 0.6) is 0 Å². The van der Waals surface area contributed by atoms with E-state index in [1.165, 1.54) is 0 Å². The summed E-state index contributed by atoms with van der Waals surface area (Å²) in [7, 11) is -2.71. The van der Waals surface area contributed by atoms with Gasteiger partial charge in [-0.05, 0) is 12.1 Å². The summed E-state index contributed by atoms with van der Waals surface area (Å²) in [4.78, 5) is 13.8. The third-order valence-corrected chi connectivity index (χ3v) is 4.53. The number of nitrogens with one attached hydrogen (secondary N) is 1. The number of carbonyl (C=O) groups is 1. The molecule has 1 aromatic rings. The van der Waals surface area contributed by atoms with Crippen molar-refractivity contribution in [3.63, 3.8) is 0 Å². The Hall–Kier alpha value is -1.36. The predicted molar refractivity (Wildman–Crippen MR) is 63.1 cm³/mol. The SMILES string of the molecule is CCC(=O)N1CCS(=N)(=O)c2ccccc21. The van der Waals surface area contributed by atoms with Crippen LogP contribution in [-0.2, 0) is 14.5 Å². The molecule has 0 saturated carbocycles. The molecular formula is C11H14N2O2S. The van der Waals surface area contributed by atoms with E-state index in [-0.39, 0.29) is 11.7 Å². The molecule has 0 fully saturated rings. The van der Waals surface area contributed by atoms with E-state index < -0.39 is 9.73 Å². The molecule has 4 nitrogen and oxygen atoms in total. The van der Waals surface area contributed by atoms with E-state index in [9.17, 15) is 9.00 Å². The van der Waals surface area contributed by atoms with Crippen LogP contribution in [0.1, 0.15) is 13.3 Å². The Kier molecular flexibility index (Phi) is 2.71. The zero-order valence-corrected chi connectivity index (χ0v) is 9.92. The third-order valence-electron chi connectivity index (χ3n) is 2.72. The van der Waals surface area contributed by atoms with E-state index in [2.05, 4.69) is 0 Å². The van der Waals surface area contributed by atoms with Gasteiger partial charge in [0, 0.05) is 13.0 Å². The Morgan fingerprint density at radius 1 is 1.50 bits per heavy atom. The minimum atomic E-state index is -2.71. The van der Waals surface area contributed by atoms with Crippen molar-refractivity contribution in [3.8, 4) is 0 Å². The second-order valence-corrected chi connectivity index (χ2v) is 5.94. The number of nitrogens with zero attached hydrogens (tertiary/aromatic N) is 1. The van der Waals surface area contributed by atoms with Gasteiger partial charge in [-0.25, -0.2) is 8.99 Å². The summed E-state index contributed by atoms with van der Waals surface area (Å²) >= 11 is 0. The monoisotopic (exact) mass is 238 g/mol. The van der Waals surface area contributed by atoms with Crippen LogP contribution in [0.25, 0.3) is 0 Å². The maximum absolute atomic E-state index is 12.0. The fraction of sp³-hybridized carbons (Fsp3) is 0.364. The van der Waals surface area contributed by atoms with Crippen molar-refractivity contribution < 1.29 is 9.00 Å². The molecule has 0 spiro atoms. The van der Waals surface area contributed by atoms with Crippen molar-refractivity contribution in [2.24, 2.45) is 0 Å². The molecule has 5 heteroatoms. The van der Waals surface area contributed by atoms with Gasteiger partial charge in [-0.1, -0.05) is 19.1 Å². The molecule has 1 amide bonds. The molecule has 1 aromatic carbocycles. The molecule has 0 aromatic heterocycles. The highest BCUT2D eigenvalue weighted by molar-refractivity contribution is 7.92. The number of benzene rings is 1. The topological polar surface area (TPSA) is 61.2 Å². The summed E-state index contributed by atoms with van der Waals surface area (Å²) in [5.41, 5.74) is 0.639. The van der Waals surface area contributed by atoms with Crippen molar-refractivity contribution in [2.45, 2.75) is 18.2 Å². The summed E-state index contributed by atoms with van der Waals surface area (Å²) in [6.07, 6.45) is 0.424. The van der Waals surface area contributed by atoms with Gasteiger partial charge in [0.15, 0.2) is 0 Å². The predicted octanol–water partition coefficient (Wildman–Crippen LogP) is 1.85. The van der Waals surface area contributed by atoms with Gasteiger partial charge < -0.3 is 4.90 Å². The van der Waals surface area contributed by atoms with Crippen molar-refractivity contribution in [3.05, 3.63) is 24.3 Å². The smallest absolute Gasteiger partial charge is 0.226 e. The summed E-state index contributed by atoms with van der Waals surface area (Å²) in [5, 5.41) is 0. The molecule has 1 heterocycles. The highest BCUT2D eigenvalue weighted by atomic mass is 32.2. The Bertz CT molecular complexity index is 523. The van der Waals surface area contributed by atoms with Crippen molar-refractivity contribution >= 4 is 21.3 Å². The van der Waals surface area contributed by atoms with Gasteiger partial charge in [0.2, 0.25) is 5.91 Å². The fourth-order valence-corrected chi connectivity index (χ4v) is 3.33. The van der Waals surface area contributed by atoms with Gasteiger partial charge in [0.1, 0.15) is 0 Å². The third kappa shape index (κ3) is 1.71. The number of hydrogen-bond donors (Lipinski definition) is 1. The number of fused-ring (bicyclic) bond motifs is 1. The average molecular weight is 238 g/mol. The zero-order chi connectivity index (χ0) is 11.8. The zero-order valence-electron chi connectivity index (χ0n) is 9.10. The molecule has 1 atom stereocenters. The number of amides is 1. The molecule has 0 radical (unpaired) electrons. The standard InChI is InChI=1S/C11H14N2O2S/c1-2-11(14)13-7-8-16(12,15)10-6-4-3-5-9(10)13/h3-6,12H,2,7-8H2,1H3. The van der Waals surface area contributed by atoms with Gasteiger partial charge >= 0.3 is 0 Å². The van der Waals surface area contributed by atoms with Crippen molar-refractivity contribution in [1.82, 2.24) is 0 Å². The van der Waals surface area contributed by atoms with Crippen LogP contribution < -0.4 is 4.90 Å². The lowest BCUT2D eigenvalue weighted by atomic mass is 10.2. The Labute approximate surface area is 95.2 Å². The molecule has 1 unspecified atom stereocenters. The van der Waals surface area contributed by atoms with Gasteiger partial charge in [-0.2, -0.15) is 0 Å². The lowest BCUT2D eigenvalue weighted by Gasteiger charge is -2.30. The van der Waals surface area contributed by atoms with Crippen LogP contribution >= 0.6 is 0 Å². The number of rotatable bonds is 1. The Morgan fingerprint density at radius 3 is 2.88 bits per heavy atom. The van der Waals surface area contributed by atoms with Crippen LogP contribution in [0.4, 0.5) is 5.69 Å². The first-order chi connectivity index (χ1) is 7.56. The van der Waals surface area contributed by atoms with Crippen molar-refractivity contribution in [1.29, 1.82) is 4.78 Å². The molecule has 1 aliphatic rings. The highest BCUT2D eigenvalue weighted by Crippen LogP contribution is 2.30. The highest BCUT2D eigenvalue weighted by Gasteiger charge is 2.27. The first-order valence-corrected chi connectivity index (χ1v) is 6.95. The minimum absolute atomic E-state index is 0.0161. The van der Waals surface area contributed by atoms with Crippen LogP contribution in [-0.4, -0.2) is 22.4 Å². The number of hydrogen-bond acceptors (Lipinski definition) is 3.